The fourth-order valence-electron chi connectivity index (χ4n) is 1.84. The standard InChI is InChI=1S/C14H28NO/c1-5-7-9-12-15(3,4)13-10-8-11-14(16)6-2/h6H,2,5,7-13H2,1,3-4H3/q+1. The molecule has 0 spiro atoms. The molecule has 0 aromatic heterocycles. The van der Waals surface area contributed by atoms with Gasteiger partial charge in [-0.25, -0.2) is 0 Å². The Labute approximate surface area is 101 Å². The third kappa shape index (κ3) is 8.66. The molecule has 0 N–H and O–H groups in total. The summed E-state index contributed by atoms with van der Waals surface area (Å²) in [7, 11) is 4.57. The Morgan fingerprint density at radius 3 is 2.19 bits per heavy atom. The van der Waals surface area contributed by atoms with E-state index in [2.05, 4.69) is 27.6 Å². The van der Waals surface area contributed by atoms with E-state index in [0.29, 0.717) is 6.42 Å². The molecule has 0 fully saturated rings. The van der Waals surface area contributed by atoms with Gasteiger partial charge in [0.2, 0.25) is 0 Å². The first-order valence-corrected chi connectivity index (χ1v) is 6.49. The van der Waals surface area contributed by atoms with Crippen LogP contribution in [0.3, 0.4) is 0 Å². The summed E-state index contributed by atoms with van der Waals surface area (Å²) in [6.45, 7) is 8.15. The molecular weight excluding hydrogens is 198 g/mol. The molecule has 16 heavy (non-hydrogen) atoms. The molecule has 0 bridgehead atoms. The molecule has 2 heteroatoms. The number of ketones is 1. The molecule has 0 radical (unpaired) electrons. The summed E-state index contributed by atoms with van der Waals surface area (Å²) in [4.78, 5) is 11.0. The minimum atomic E-state index is 0.177. The van der Waals surface area contributed by atoms with Crippen LogP contribution in [0.2, 0.25) is 0 Å². The SMILES string of the molecule is C=CC(=O)CCCC[N+](C)(C)CCCCC. The normalized spacial score (nSPS) is 11.4. The highest BCUT2D eigenvalue weighted by molar-refractivity contribution is 5.88. The zero-order valence-corrected chi connectivity index (χ0v) is 11.3. The van der Waals surface area contributed by atoms with E-state index in [0.717, 1.165) is 17.3 Å². The maximum atomic E-state index is 11.0. The molecule has 0 rings (SSSR count). The van der Waals surface area contributed by atoms with Crippen molar-refractivity contribution in [3.8, 4) is 0 Å². The molecule has 0 aliphatic rings. The number of carbonyl (C=O) groups is 1. The van der Waals surface area contributed by atoms with Crippen LogP contribution in [0.1, 0.15) is 45.4 Å². The molecule has 0 aromatic carbocycles. The third-order valence-electron chi connectivity index (χ3n) is 3.03. The van der Waals surface area contributed by atoms with Crippen molar-refractivity contribution in [3.05, 3.63) is 12.7 Å². The highest BCUT2D eigenvalue weighted by Crippen LogP contribution is 2.07. The lowest BCUT2D eigenvalue weighted by molar-refractivity contribution is -0.890. The van der Waals surface area contributed by atoms with Crippen LogP contribution in [0.5, 0.6) is 0 Å². The van der Waals surface area contributed by atoms with Gasteiger partial charge in [-0.2, -0.15) is 0 Å². The van der Waals surface area contributed by atoms with Crippen molar-refractivity contribution in [2.24, 2.45) is 0 Å². The minimum absolute atomic E-state index is 0.177. The van der Waals surface area contributed by atoms with Gasteiger partial charge in [-0.3, -0.25) is 4.79 Å². The summed E-state index contributed by atoms with van der Waals surface area (Å²) < 4.78 is 1.09. The lowest BCUT2D eigenvalue weighted by Gasteiger charge is -2.29. The van der Waals surface area contributed by atoms with Gasteiger partial charge in [0.25, 0.3) is 0 Å². The first-order chi connectivity index (χ1) is 7.52. The van der Waals surface area contributed by atoms with Gasteiger partial charge in [-0.1, -0.05) is 19.9 Å². The number of unbranched alkanes of at least 4 members (excludes halogenated alkanes) is 3. The second-order valence-electron chi connectivity index (χ2n) is 5.22. The second-order valence-corrected chi connectivity index (χ2v) is 5.22. The average Bonchev–Trinajstić information content (AvgIpc) is 2.24. The van der Waals surface area contributed by atoms with Crippen molar-refractivity contribution < 1.29 is 9.28 Å². The summed E-state index contributed by atoms with van der Waals surface area (Å²) in [6, 6.07) is 0. The number of allylic oxidation sites excluding steroid dienone is 1. The van der Waals surface area contributed by atoms with Crippen LogP contribution in [0.25, 0.3) is 0 Å². The van der Waals surface area contributed by atoms with Crippen molar-refractivity contribution in [1.82, 2.24) is 0 Å². The van der Waals surface area contributed by atoms with E-state index < -0.39 is 0 Å². The van der Waals surface area contributed by atoms with Gasteiger partial charge in [0.1, 0.15) is 0 Å². The number of hydrogen-bond acceptors (Lipinski definition) is 1. The summed E-state index contributed by atoms with van der Waals surface area (Å²) in [6.07, 6.45) is 8.16. The quantitative estimate of drug-likeness (QED) is 0.318. The lowest BCUT2D eigenvalue weighted by Crippen LogP contribution is -2.41. The van der Waals surface area contributed by atoms with Gasteiger partial charge in [-0.15, -0.1) is 0 Å². The predicted octanol–water partition coefficient (Wildman–Crippen LogP) is 3.18. The molecule has 0 amide bonds. The van der Waals surface area contributed by atoms with Gasteiger partial charge in [0.15, 0.2) is 5.78 Å². The van der Waals surface area contributed by atoms with Gasteiger partial charge < -0.3 is 4.48 Å². The fraction of sp³-hybridized carbons (Fsp3) is 0.786. The maximum absolute atomic E-state index is 11.0. The molecule has 2 nitrogen and oxygen atoms in total. The van der Waals surface area contributed by atoms with Crippen LogP contribution in [-0.4, -0.2) is 37.5 Å². The molecule has 0 aliphatic heterocycles. The van der Waals surface area contributed by atoms with E-state index in [4.69, 9.17) is 0 Å². The maximum Gasteiger partial charge on any atom is 0.155 e. The van der Waals surface area contributed by atoms with E-state index in [-0.39, 0.29) is 5.78 Å². The highest BCUT2D eigenvalue weighted by Gasteiger charge is 2.13. The molecule has 0 heterocycles. The Morgan fingerprint density at radius 1 is 1.12 bits per heavy atom. The van der Waals surface area contributed by atoms with E-state index >= 15 is 0 Å². The van der Waals surface area contributed by atoms with Crippen LogP contribution >= 0.6 is 0 Å². The molecule has 0 aliphatic carbocycles. The van der Waals surface area contributed by atoms with Crippen molar-refractivity contribution in [2.45, 2.75) is 45.4 Å². The minimum Gasteiger partial charge on any atom is -0.328 e. The first-order valence-electron chi connectivity index (χ1n) is 6.49. The van der Waals surface area contributed by atoms with Crippen molar-refractivity contribution in [1.29, 1.82) is 0 Å². The van der Waals surface area contributed by atoms with E-state index in [1.165, 1.54) is 38.4 Å². The summed E-state index contributed by atoms with van der Waals surface area (Å²) in [5.74, 6) is 0.177. The number of carbonyl (C=O) groups excluding carboxylic acids is 1. The smallest absolute Gasteiger partial charge is 0.155 e. The van der Waals surface area contributed by atoms with Gasteiger partial charge >= 0.3 is 0 Å². The summed E-state index contributed by atoms with van der Waals surface area (Å²) in [5, 5.41) is 0. The molecular formula is C14H28NO+. The second kappa shape index (κ2) is 8.51. The van der Waals surface area contributed by atoms with Crippen LogP contribution in [0.4, 0.5) is 0 Å². The number of nitrogens with zero attached hydrogens (tertiary/aromatic N) is 1. The molecule has 0 atom stereocenters. The zero-order valence-electron chi connectivity index (χ0n) is 11.3. The molecule has 94 valence electrons. The van der Waals surface area contributed by atoms with E-state index in [1.54, 1.807) is 0 Å². The lowest BCUT2D eigenvalue weighted by atomic mass is 10.1. The molecule has 0 aromatic rings. The average molecular weight is 226 g/mol. The van der Waals surface area contributed by atoms with Gasteiger partial charge in [0.05, 0.1) is 27.2 Å². The third-order valence-corrected chi connectivity index (χ3v) is 3.03. The van der Waals surface area contributed by atoms with Gasteiger partial charge in [-0.05, 0) is 31.8 Å². The van der Waals surface area contributed by atoms with Crippen LogP contribution < -0.4 is 0 Å². The van der Waals surface area contributed by atoms with Crippen molar-refractivity contribution in [3.63, 3.8) is 0 Å². The molecule has 0 saturated carbocycles. The summed E-state index contributed by atoms with van der Waals surface area (Å²) >= 11 is 0. The van der Waals surface area contributed by atoms with E-state index in [9.17, 15) is 4.79 Å². The van der Waals surface area contributed by atoms with Crippen molar-refractivity contribution in [2.75, 3.05) is 27.2 Å². The monoisotopic (exact) mass is 226 g/mol. The number of quaternary nitrogens is 1. The Balaban J connectivity index is 3.56. The zero-order chi connectivity index (χ0) is 12.4. The number of hydrogen-bond donors (Lipinski definition) is 0. The topological polar surface area (TPSA) is 17.1 Å². The first kappa shape index (κ1) is 15.4. The largest absolute Gasteiger partial charge is 0.328 e. The van der Waals surface area contributed by atoms with Gasteiger partial charge in [0, 0.05) is 6.42 Å². The Kier molecular flexibility index (Phi) is 8.18. The Bertz CT molecular complexity index is 209. The predicted molar refractivity (Wildman–Crippen MR) is 70.4 cm³/mol. The van der Waals surface area contributed by atoms with Crippen LogP contribution in [0, 0.1) is 0 Å². The molecule has 0 saturated heterocycles. The summed E-state index contributed by atoms with van der Waals surface area (Å²) in [5.41, 5.74) is 0. The van der Waals surface area contributed by atoms with Crippen LogP contribution in [0.15, 0.2) is 12.7 Å². The highest BCUT2D eigenvalue weighted by atomic mass is 16.1. The Morgan fingerprint density at radius 2 is 1.69 bits per heavy atom. The number of rotatable bonds is 10. The van der Waals surface area contributed by atoms with Crippen molar-refractivity contribution >= 4 is 5.78 Å². The van der Waals surface area contributed by atoms with Crippen LogP contribution in [-0.2, 0) is 4.79 Å². The van der Waals surface area contributed by atoms with E-state index in [1.807, 2.05) is 0 Å². The molecule has 0 unspecified atom stereocenters. The Hall–Kier alpha value is -0.630. The fourth-order valence-corrected chi connectivity index (χ4v) is 1.84.